The van der Waals surface area contributed by atoms with Crippen LogP contribution in [-0.2, 0) is 14.6 Å². The Morgan fingerprint density at radius 2 is 2.00 bits per heavy atom. The zero-order valence-corrected chi connectivity index (χ0v) is 15.1. The van der Waals surface area contributed by atoms with Crippen LogP contribution in [0.3, 0.4) is 0 Å². The molecule has 1 heterocycles. The summed E-state index contributed by atoms with van der Waals surface area (Å²) in [4.78, 5) is 14.8. The zero-order chi connectivity index (χ0) is 17.7. The number of piperidine rings is 1. The Labute approximate surface area is 143 Å². The van der Waals surface area contributed by atoms with E-state index in [0.29, 0.717) is 24.6 Å². The second-order valence-corrected chi connectivity index (χ2v) is 8.37. The topological polar surface area (TPSA) is 89.7 Å². The van der Waals surface area contributed by atoms with Crippen LogP contribution < -0.4 is 5.73 Å². The molecule has 0 saturated carbocycles. The van der Waals surface area contributed by atoms with Crippen LogP contribution in [0.5, 0.6) is 0 Å². The predicted octanol–water partition coefficient (Wildman–Crippen LogP) is 1.31. The van der Waals surface area contributed by atoms with E-state index in [4.69, 9.17) is 10.5 Å². The molecule has 1 aliphatic heterocycles. The van der Waals surface area contributed by atoms with E-state index in [1.54, 1.807) is 12.1 Å². The number of carbonyl (C=O) groups is 1. The molecular formula is C17H26N2O4S. The fraction of sp³-hybridized carbons (Fsp3) is 0.588. The third-order valence-electron chi connectivity index (χ3n) is 4.63. The van der Waals surface area contributed by atoms with Crippen LogP contribution in [0.1, 0.15) is 30.1 Å². The van der Waals surface area contributed by atoms with Gasteiger partial charge in [0.25, 0.3) is 5.91 Å². The van der Waals surface area contributed by atoms with E-state index in [0.717, 1.165) is 12.8 Å². The fourth-order valence-electron chi connectivity index (χ4n) is 3.14. The van der Waals surface area contributed by atoms with E-state index in [1.807, 2.05) is 4.90 Å². The minimum atomic E-state index is -3.38. The van der Waals surface area contributed by atoms with Crippen LogP contribution >= 0.6 is 0 Å². The first-order valence-corrected chi connectivity index (χ1v) is 9.88. The number of rotatable bonds is 6. The Balaban J connectivity index is 2.16. The van der Waals surface area contributed by atoms with E-state index in [2.05, 4.69) is 6.92 Å². The third-order valence-corrected chi connectivity index (χ3v) is 6.33. The van der Waals surface area contributed by atoms with Crippen molar-refractivity contribution in [1.29, 1.82) is 0 Å². The zero-order valence-electron chi connectivity index (χ0n) is 14.3. The number of nitrogens with two attached hydrogens (primary N) is 1. The largest absolute Gasteiger partial charge is 0.384 e. The average Bonchev–Trinajstić information content (AvgIpc) is 2.59. The number of benzene rings is 1. The highest BCUT2D eigenvalue weighted by atomic mass is 32.2. The van der Waals surface area contributed by atoms with Crippen LogP contribution in [-0.4, -0.2) is 57.8 Å². The molecule has 1 fully saturated rings. The maximum absolute atomic E-state index is 12.7. The lowest BCUT2D eigenvalue weighted by molar-refractivity contribution is 0.0532. The number of ether oxygens (including phenoxy) is 1. The fourth-order valence-corrected chi connectivity index (χ4v) is 4.31. The molecule has 1 amide bonds. The number of carbonyl (C=O) groups excluding carboxylic acids is 1. The van der Waals surface area contributed by atoms with Crippen LogP contribution in [0.4, 0.5) is 0 Å². The summed E-state index contributed by atoms with van der Waals surface area (Å²) in [5, 5.41) is 0. The Bertz CT molecular complexity index is 658. The summed E-state index contributed by atoms with van der Waals surface area (Å²) in [5.41, 5.74) is 6.34. The molecule has 0 bridgehead atoms. The highest BCUT2D eigenvalue weighted by Crippen LogP contribution is 2.24. The second-order valence-electron chi connectivity index (χ2n) is 6.26. The summed E-state index contributed by atoms with van der Waals surface area (Å²) in [5.74, 6) is 0.217. The Hall–Kier alpha value is -1.44. The van der Waals surface area contributed by atoms with Gasteiger partial charge in [-0.15, -0.1) is 0 Å². The van der Waals surface area contributed by atoms with Crippen LogP contribution in [0, 0.1) is 5.92 Å². The van der Waals surface area contributed by atoms with E-state index in [-0.39, 0.29) is 29.2 Å². The van der Waals surface area contributed by atoms with Crippen LogP contribution in [0.25, 0.3) is 0 Å². The van der Waals surface area contributed by atoms with Crippen LogP contribution in [0.15, 0.2) is 29.2 Å². The van der Waals surface area contributed by atoms with E-state index in [1.165, 1.54) is 19.2 Å². The number of amides is 1. The number of hydrogen-bond acceptors (Lipinski definition) is 5. The number of hydrogen-bond donors (Lipinski definition) is 1. The summed E-state index contributed by atoms with van der Waals surface area (Å²) in [6, 6.07) is 6.17. The van der Waals surface area contributed by atoms with Crippen molar-refractivity contribution in [2.24, 2.45) is 11.7 Å². The first-order chi connectivity index (χ1) is 11.4. The van der Waals surface area contributed by atoms with E-state index < -0.39 is 9.84 Å². The molecular weight excluding hydrogens is 328 g/mol. The number of nitrogens with zero attached hydrogens (tertiary/aromatic N) is 1. The Morgan fingerprint density at radius 1 is 1.33 bits per heavy atom. The molecule has 2 atom stereocenters. The molecule has 1 saturated heterocycles. The summed E-state index contributed by atoms with van der Waals surface area (Å²) in [7, 11) is -1.92. The quantitative estimate of drug-likeness (QED) is 0.832. The van der Waals surface area contributed by atoms with Crippen molar-refractivity contribution in [1.82, 2.24) is 4.90 Å². The highest BCUT2D eigenvalue weighted by molar-refractivity contribution is 7.91. The SMILES string of the molecule is COCCS(=O)(=O)c1ccc(C(=O)N2CCC[C@@H](C)[C@H]2CN)cc1. The van der Waals surface area contributed by atoms with Crippen molar-refractivity contribution in [2.75, 3.05) is 32.6 Å². The minimum absolute atomic E-state index is 0.0383. The monoisotopic (exact) mass is 354 g/mol. The number of sulfone groups is 1. The summed E-state index contributed by atoms with van der Waals surface area (Å²) < 4.78 is 29.1. The molecule has 0 spiro atoms. The van der Waals surface area contributed by atoms with Gasteiger partial charge in [0.1, 0.15) is 0 Å². The molecule has 0 aromatic heterocycles. The lowest BCUT2D eigenvalue weighted by Gasteiger charge is -2.39. The van der Waals surface area contributed by atoms with Gasteiger partial charge >= 0.3 is 0 Å². The van der Waals surface area contributed by atoms with Crippen molar-refractivity contribution in [2.45, 2.75) is 30.7 Å². The molecule has 0 unspecified atom stereocenters. The van der Waals surface area contributed by atoms with E-state index in [9.17, 15) is 13.2 Å². The standard InChI is InChI=1S/C17H26N2O4S/c1-13-4-3-9-19(16(13)12-18)17(20)14-5-7-15(8-6-14)24(21,22)11-10-23-2/h5-8,13,16H,3-4,9-12,18H2,1-2H3/t13-,16-/m1/s1. The molecule has 6 nitrogen and oxygen atoms in total. The minimum Gasteiger partial charge on any atom is -0.384 e. The first-order valence-electron chi connectivity index (χ1n) is 8.23. The molecule has 0 radical (unpaired) electrons. The van der Waals surface area contributed by atoms with Gasteiger partial charge in [-0.2, -0.15) is 0 Å². The molecule has 134 valence electrons. The lowest BCUT2D eigenvalue weighted by atomic mass is 9.90. The molecule has 7 heteroatoms. The molecule has 2 N–H and O–H groups in total. The van der Waals surface area contributed by atoms with Gasteiger partial charge in [-0.05, 0) is 43.0 Å². The van der Waals surface area contributed by atoms with Crippen LogP contribution in [0.2, 0.25) is 0 Å². The molecule has 1 aliphatic rings. The van der Waals surface area contributed by atoms with Crippen molar-refractivity contribution < 1.29 is 17.9 Å². The smallest absolute Gasteiger partial charge is 0.254 e. The average molecular weight is 354 g/mol. The van der Waals surface area contributed by atoms with Crippen molar-refractivity contribution >= 4 is 15.7 Å². The van der Waals surface area contributed by atoms with Gasteiger partial charge in [-0.1, -0.05) is 6.92 Å². The second kappa shape index (κ2) is 8.09. The molecule has 0 aliphatic carbocycles. The first kappa shape index (κ1) is 18.9. The molecule has 1 aromatic rings. The van der Waals surface area contributed by atoms with Gasteiger partial charge in [0, 0.05) is 31.8 Å². The predicted molar refractivity (Wildman–Crippen MR) is 92.6 cm³/mol. The van der Waals surface area contributed by atoms with E-state index >= 15 is 0 Å². The van der Waals surface area contributed by atoms with Gasteiger partial charge < -0.3 is 15.4 Å². The lowest BCUT2D eigenvalue weighted by Crippen LogP contribution is -2.51. The number of methoxy groups -OCH3 is 1. The van der Waals surface area contributed by atoms with Crippen molar-refractivity contribution in [3.05, 3.63) is 29.8 Å². The Kier molecular flexibility index (Phi) is 6.37. The summed E-state index contributed by atoms with van der Waals surface area (Å²) >= 11 is 0. The van der Waals surface area contributed by atoms with Gasteiger partial charge in [-0.25, -0.2) is 8.42 Å². The summed E-state index contributed by atoms with van der Waals surface area (Å²) in [6.07, 6.45) is 2.04. The molecule has 24 heavy (non-hydrogen) atoms. The van der Waals surface area contributed by atoms with Crippen molar-refractivity contribution in [3.63, 3.8) is 0 Å². The van der Waals surface area contributed by atoms with Gasteiger partial charge in [0.05, 0.1) is 17.3 Å². The van der Waals surface area contributed by atoms with Crippen molar-refractivity contribution in [3.8, 4) is 0 Å². The highest BCUT2D eigenvalue weighted by Gasteiger charge is 2.31. The summed E-state index contributed by atoms with van der Waals surface area (Å²) in [6.45, 7) is 3.39. The Morgan fingerprint density at radius 3 is 2.58 bits per heavy atom. The maximum atomic E-state index is 12.7. The normalized spacial score (nSPS) is 21.7. The third kappa shape index (κ3) is 4.15. The van der Waals surface area contributed by atoms with Gasteiger partial charge in [0.15, 0.2) is 9.84 Å². The molecule has 1 aromatic carbocycles. The molecule has 2 rings (SSSR count). The van der Waals surface area contributed by atoms with Gasteiger partial charge in [0.2, 0.25) is 0 Å². The van der Waals surface area contributed by atoms with Gasteiger partial charge in [-0.3, -0.25) is 4.79 Å². The maximum Gasteiger partial charge on any atom is 0.254 e. The number of likely N-dealkylation sites (tertiary alicyclic amines) is 1.